The number of piperazine rings is 1. The van der Waals surface area contributed by atoms with E-state index in [0.29, 0.717) is 5.69 Å². The lowest BCUT2D eigenvalue weighted by molar-refractivity contribution is -0.384. The van der Waals surface area contributed by atoms with E-state index < -0.39 is 34.5 Å². The summed E-state index contributed by atoms with van der Waals surface area (Å²) in [6.45, 7) is 0.472. The zero-order valence-electron chi connectivity index (χ0n) is 14.8. The van der Waals surface area contributed by atoms with Gasteiger partial charge in [0.25, 0.3) is 11.6 Å². The van der Waals surface area contributed by atoms with E-state index in [0.717, 1.165) is 7.11 Å². The SMILES string of the molecule is COC(=O)C1=C2C(=O)NCCN2[C@H](C(=O)Nc2ccc([N+](=O)[O-])cc2)CC1=O. The number of fused-ring (bicyclic) bond motifs is 1. The Bertz CT molecular complexity index is 907. The lowest BCUT2D eigenvalue weighted by atomic mass is 9.92. The molecule has 1 saturated heterocycles. The van der Waals surface area contributed by atoms with Gasteiger partial charge in [-0.05, 0) is 12.1 Å². The van der Waals surface area contributed by atoms with Gasteiger partial charge in [-0.15, -0.1) is 0 Å². The fourth-order valence-electron chi connectivity index (χ4n) is 3.14. The lowest BCUT2D eigenvalue weighted by Gasteiger charge is -2.40. The first-order valence-electron chi connectivity index (χ1n) is 8.29. The van der Waals surface area contributed by atoms with E-state index in [9.17, 15) is 29.3 Å². The molecule has 2 N–H and O–H groups in total. The number of carbonyl (C=O) groups excluding carboxylic acids is 4. The van der Waals surface area contributed by atoms with Crippen molar-refractivity contribution >= 4 is 34.9 Å². The minimum atomic E-state index is -1.00. The molecule has 1 aromatic rings. The number of esters is 1. The van der Waals surface area contributed by atoms with Crippen molar-refractivity contribution in [2.45, 2.75) is 12.5 Å². The molecule has 0 spiro atoms. The van der Waals surface area contributed by atoms with Crippen molar-refractivity contribution in [1.29, 1.82) is 0 Å². The Labute approximate surface area is 158 Å². The van der Waals surface area contributed by atoms with E-state index in [4.69, 9.17) is 0 Å². The van der Waals surface area contributed by atoms with Crippen molar-refractivity contribution in [2.24, 2.45) is 0 Å². The van der Waals surface area contributed by atoms with Gasteiger partial charge < -0.3 is 20.3 Å². The molecule has 11 nitrogen and oxygen atoms in total. The highest BCUT2D eigenvalue weighted by atomic mass is 16.6. The van der Waals surface area contributed by atoms with Crippen LogP contribution in [0, 0.1) is 10.1 Å². The van der Waals surface area contributed by atoms with Crippen LogP contribution in [0.3, 0.4) is 0 Å². The molecular weight excluding hydrogens is 372 g/mol. The summed E-state index contributed by atoms with van der Waals surface area (Å²) in [6, 6.07) is 4.19. The summed E-state index contributed by atoms with van der Waals surface area (Å²) in [5, 5.41) is 15.8. The third-order valence-corrected chi connectivity index (χ3v) is 4.45. The number of anilines is 1. The molecule has 1 atom stereocenters. The summed E-state index contributed by atoms with van der Waals surface area (Å²) in [7, 11) is 1.10. The molecule has 1 fully saturated rings. The van der Waals surface area contributed by atoms with Gasteiger partial charge in [0.05, 0.1) is 12.0 Å². The van der Waals surface area contributed by atoms with Gasteiger partial charge >= 0.3 is 5.97 Å². The van der Waals surface area contributed by atoms with Crippen LogP contribution in [0.1, 0.15) is 6.42 Å². The van der Waals surface area contributed by atoms with Gasteiger partial charge in [-0.3, -0.25) is 24.5 Å². The Kier molecular flexibility index (Phi) is 5.07. The van der Waals surface area contributed by atoms with Crippen molar-refractivity contribution in [3.63, 3.8) is 0 Å². The quantitative estimate of drug-likeness (QED) is 0.310. The highest BCUT2D eigenvalue weighted by molar-refractivity contribution is 6.24. The number of non-ortho nitro benzene ring substituents is 1. The van der Waals surface area contributed by atoms with E-state index in [1.807, 2.05) is 0 Å². The average molecular weight is 388 g/mol. The zero-order valence-corrected chi connectivity index (χ0v) is 14.8. The zero-order chi connectivity index (χ0) is 20.4. The van der Waals surface area contributed by atoms with E-state index in [1.54, 1.807) is 0 Å². The fraction of sp³-hybridized carbons (Fsp3) is 0.294. The van der Waals surface area contributed by atoms with E-state index >= 15 is 0 Å². The number of Topliss-reactive ketones (excluding diaryl/α,β-unsaturated/α-hetero) is 1. The van der Waals surface area contributed by atoms with Gasteiger partial charge in [-0.2, -0.15) is 0 Å². The molecule has 2 aliphatic rings. The second kappa shape index (κ2) is 7.47. The first-order valence-corrected chi connectivity index (χ1v) is 8.29. The molecule has 0 aromatic heterocycles. The molecule has 28 heavy (non-hydrogen) atoms. The maximum absolute atomic E-state index is 12.7. The summed E-state index contributed by atoms with van der Waals surface area (Å²) in [5.74, 6) is -2.80. The van der Waals surface area contributed by atoms with Crippen molar-refractivity contribution in [3.8, 4) is 0 Å². The molecule has 0 saturated carbocycles. The minimum absolute atomic E-state index is 0.133. The predicted octanol–water partition coefficient (Wildman–Crippen LogP) is -0.266. The third-order valence-electron chi connectivity index (χ3n) is 4.45. The van der Waals surface area contributed by atoms with Crippen LogP contribution >= 0.6 is 0 Å². The van der Waals surface area contributed by atoms with Crippen LogP contribution in [-0.4, -0.2) is 59.6 Å². The molecule has 11 heteroatoms. The number of hydrogen-bond donors (Lipinski definition) is 2. The summed E-state index contributed by atoms with van der Waals surface area (Å²) in [6.07, 6.45) is -0.306. The first-order chi connectivity index (χ1) is 13.3. The molecule has 2 heterocycles. The summed E-state index contributed by atoms with van der Waals surface area (Å²) < 4.78 is 4.60. The molecular formula is C17H16N4O7. The van der Waals surface area contributed by atoms with Crippen LogP contribution in [0.15, 0.2) is 35.5 Å². The molecule has 0 unspecified atom stereocenters. The number of nitro benzene ring substituents is 1. The number of nitrogens with one attached hydrogen (secondary N) is 2. The summed E-state index contributed by atoms with van der Waals surface area (Å²) >= 11 is 0. The van der Waals surface area contributed by atoms with Crippen molar-refractivity contribution in [2.75, 3.05) is 25.5 Å². The summed E-state index contributed by atoms with van der Waals surface area (Å²) in [4.78, 5) is 61.0. The molecule has 0 bridgehead atoms. The Hall–Kier alpha value is -3.76. The number of carbonyl (C=O) groups is 4. The Balaban J connectivity index is 1.88. The Morgan fingerprint density at radius 2 is 1.96 bits per heavy atom. The standard InChI is InChI=1S/C17H16N4O7/c1-28-17(25)13-12(22)8-11(20-7-6-18-16(24)14(13)20)15(23)19-9-2-4-10(5-3-9)21(26)27/h2-5,11H,6-8H2,1H3,(H,18,24)(H,19,23)/t11-/m0/s1. The molecule has 1 aromatic carbocycles. The number of benzene rings is 1. The van der Waals surface area contributed by atoms with Gasteiger partial charge in [-0.1, -0.05) is 0 Å². The maximum atomic E-state index is 12.7. The second-order valence-electron chi connectivity index (χ2n) is 6.10. The van der Waals surface area contributed by atoms with Crippen molar-refractivity contribution in [3.05, 3.63) is 45.6 Å². The highest BCUT2D eigenvalue weighted by Gasteiger charge is 2.44. The molecule has 3 rings (SSSR count). The van der Waals surface area contributed by atoms with Crippen LogP contribution in [0.2, 0.25) is 0 Å². The average Bonchev–Trinajstić information content (AvgIpc) is 2.67. The van der Waals surface area contributed by atoms with Gasteiger partial charge in [0.15, 0.2) is 5.78 Å². The largest absolute Gasteiger partial charge is 0.465 e. The van der Waals surface area contributed by atoms with Crippen LogP contribution < -0.4 is 10.6 Å². The van der Waals surface area contributed by atoms with Gasteiger partial charge in [0.1, 0.15) is 17.3 Å². The normalized spacial score (nSPS) is 18.9. The van der Waals surface area contributed by atoms with E-state index in [-0.39, 0.29) is 36.5 Å². The number of ether oxygens (including phenoxy) is 1. The number of nitro groups is 1. The fourth-order valence-corrected chi connectivity index (χ4v) is 3.14. The van der Waals surface area contributed by atoms with Crippen LogP contribution in [0.5, 0.6) is 0 Å². The van der Waals surface area contributed by atoms with Crippen molar-refractivity contribution in [1.82, 2.24) is 10.2 Å². The maximum Gasteiger partial charge on any atom is 0.343 e. The predicted molar refractivity (Wildman–Crippen MR) is 93.9 cm³/mol. The smallest absolute Gasteiger partial charge is 0.343 e. The molecule has 2 aliphatic heterocycles. The molecule has 0 radical (unpaired) electrons. The van der Waals surface area contributed by atoms with E-state index in [1.165, 1.54) is 29.2 Å². The first kappa shape index (κ1) is 19.0. The lowest BCUT2D eigenvalue weighted by Crippen LogP contribution is -2.57. The van der Waals surface area contributed by atoms with Crippen LogP contribution in [0.25, 0.3) is 0 Å². The number of ketones is 1. The third kappa shape index (κ3) is 3.41. The number of methoxy groups -OCH3 is 1. The van der Waals surface area contributed by atoms with Gasteiger partial charge in [0.2, 0.25) is 5.91 Å². The Morgan fingerprint density at radius 3 is 2.57 bits per heavy atom. The van der Waals surface area contributed by atoms with E-state index in [2.05, 4.69) is 15.4 Å². The number of rotatable bonds is 4. The molecule has 146 valence electrons. The number of hydrogen-bond acceptors (Lipinski definition) is 8. The number of nitrogens with zero attached hydrogens (tertiary/aromatic N) is 2. The van der Waals surface area contributed by atoms with Gasteiger partial charge in [0, 0.05) is 37.3 Å². The topological polar surface area (TPSA) is 148 Å². The highest BCUT2D eigenvalue weighted by Crippen LogP contribution is 2.28. The van der Waals surface area contributed by atoms with Crippen LogP contribution in [-0.2, 0) is 23.9 Å². The monoisotopic (exact) mass is 388 g/mol. The molecule has 0 aliphatic carbocycles. The van der Waals surface area contributed by atoms with Crippen LogP contribution in [0.4, 0.5) is 11.4 Å². The minimum Gasteiger partial charge on any atom is -0.465 e. The Morgan fingerprint density at radius 1 is 1.29 bits per heavy atom. The second-order valence-corrected chi connectivity index (χ2v) is 6.10. The summed E-state index contributed by atoms with van der Waals surface area (Å²) in [5.41, 5.74) is -0.391. The molecule has 2 amide bonds. The van der Waals surface area contributed by atoms with Gasteiger partial charge in [-0.25, -0.2) is 4.79 Å². The number of amides is 2. The van der Waals surface area contributed by atoms with Crippen molar-refractivity contribution < 1.29 is 28.8 Å².